The summed E-state index contributed by atoms with van der Waals surface area (Å²) in [4.78, 5) is 4.61. The van der Waals surface area contributed by atoms with E-state index in [4.69, 9.17) is 22.1 Å². The maximum absolute atomic E-state index is 6.43. The van der Waals surface area contributed by atoms with Crippen LogP contribution < -0.4 is 5.73 Å². The molecule has 0 spiro atoms. The van der Waals surface area contributed by atoms with Gasteiger partial charge in [0.2, 0.25) is 0 Å². The highest BCUT2D eigenvalue weighted by atomic mass is 35.5. The molecule has 0 saturated heterocycles. The average Bonchev–Trinajstić information content (AvgIpc) is 3.00. The summed E-state index contributed by atoms with van der Waals surface area (Å²) in [6, 6.07) is 16.5. The Morgan fingerprint density at radius 1 is 1.07 bits per heavy atom. The van der Waals surface area contributed by atoms with Gasteiger partial charge in [0, 0.05) is 30.8 Å². The molecule has 3 rings (SSSR count). The van der Waals surface area contributed by atoms with Crippen molar-refractivity contribution in [2.45, 2.75) is 46.3 Å². The normalized spacial score (nSPS) is 11.1. The quantitative estimate of drug-likeness (QED) is 0.470. The van der Waals surface area contributed by atoms with Crippen LogP contribution in [0.4, 0.5) is 5.69 Å². The summed E-state index contributed by atoms with van der Waals surface area (Å²) in [5.41, 5.74) is 11.2. The van der Waals surface area contributed by atoms with Gasteiger partial charge >= 0.3 is 0 Å². The van der Waals surface area contributed by atoms with Crippen molar-refractivity contribution in [3.8, 4) is 11.1 Å². The number of aryl methyl sites for hydroxylation is 1. The van der Waals surface area contributed by atoms with E-state index in [1.54, 1.807) is 0 Å². The second-order valence-corrected chi connectivity index (χ2v) is 7.23. The van der Waals surface area contributed by atoms with Crippen LogP contribution in [0.5, 0.6) is 0 Å². The number of rotatable bonds is 9. The van der Waals surface area contributed by atoms with Gasteiger partial charge in [0.25, 0.3) is 0 Å². The minimum absolute atomic E-state index is 0.479. The molecular formula is C23H28ClN3O. The molecule has 3 aromatic rings. The number of hydrogen-bond acceptors (Lipinski definition) is 3. The summed E-state index contributed by atoms with van der Waals surface area (Å²) in [6.07, 6.45) is 3.13. The van der Waals surface area contributed by atoms with Crippen molar-refractivity contribution in [1.29, 1.82) is 0 Å². The predicted molar refractivity (Wildman–Crippen MR) is 117 cm³/mol. The molecule has 0 bridgehead atoms. The Labute approximate surface area is 172 Å². The van der Waals surface area contributed by atoms with Gasteiger partial charge < -0.3 is 15.0 Å². The van der Waals surface area contributed by atoms with Gasteiger partial charge in [-0.2, -0.15) is 0 Å². The molecule has 4 nitrogen and oxygen atoms in total. The van der Waals surface area contributed by atoms with Gasteiger partial charge in [0.05, 0.1) is 12.3 Å². The van der Waals surface area contributed by atoms with Crippen LogP contribution in [0.3, 0.4) is 0 Å². The van der Waals surface area contributed by atoms with E-state index in [0.29, 0.717) is 18.4 Å². The highest BCUT2D eigenvalue weighted by Gasteiger charge is 2.16. The zero-order chi connectivity index (χ0) is 19.9. The molecule has 0 fully saturated rings. The molecule has 28 heavy (non-hydrogen) atoms. The molecule has 2 aromatic carbocycles. The van der Waals surface area contributed by atoms with Crippen molar-refractivity contribution >= 4 is 17.3 Å². The van der Waals surface area contributed by atoms with E-state index in [1.165, 1.54) is 5.56 Å². The maximum Gasteiger partial charge on any atom is 0.153 e. The van der Waals surface area contributed by atoms with Crippen molar-refractivity contribution in [1.82, 2.24) is 9.55 Å². The molecule has 0 aliphatic rings. The van der Waals surface area contributed by atoms with Gasteiger partial charge in [0.15, 0.2) is 5.15 Å². The molecule has 148 valence electrons. The number of ether oxygens (including phenoxy) is 1. The second kappa shape index (κ2) is 9.76. The third kappa shape index (κ3) is 4.75. The van der Waals surface area contributed by atoms with Crippen molar-refractivity contribution in [3.63, 3.8) is 0 Å². The second-order valence-electron chi connectivity index (χ2n) is 6.88. The molecule has 0 amide bonds. The fourth-order valence-electron chi connectivity index (χ4n) is 3.29. The number of anilines is 1. The molecule has 5 heteroatoms. The number of imidazole rings is 1. The zero-order valence-electron chi connectivity index (χ0n) is 16.6. The lowest BCUT2D eigenvalue weighted by Crippen LogP contribution is -2.10. The van der Waals surface area contributed by atoms with Gasteiger partial charge in [-0.25, -0.2) is 4.98 Å². The summed E-state index contributed by atoms with van der Waals surface area (Å²) in [6.45, 7) is 6.03. The van der Waals surface area contributed by atoms with E-state index in [2.05, 4.69) is 40.7 Å². The van der Waals surface area contributed by atoms with E-state index in [9.17, 15) is 0 Å². The van der Waals surface area contributed by atoms with Crippen molar-refractivity contribution in [2.75, 3.05) is 12.3 Å². The zero-order valence-corrected chi connectivity index (χ0v) is 17.4. The minimum atomic E-state index is 0.479. The standard InChI is InChI=1S/C23H28ClN3O/c1-3-5-10-22-26-23(24)21(16-28-4-2)27(22)15-17-11-13-18(14-12-17)19-8-6-7-9-20(19)25/h6-9,11-14H,3-5,10,15-16,25H2,1-2H3. The summed E-state index contributed by atoms with van der Waals surface area (Å²) < 4.78 is 7.84. The summed E-state index contributed by atoms with van der Waals surface area (Å²) >= 11 is 6.43. The average molecular weight is 398 g/mol. The smallest absolute Gasteiger partial charge is 0.153 e. The lowest BCUT2D eigenvalue weighted by atomic mass is 10.0. The monoisotopic (exact) mass is 397 g/mol. The van der Waals surface area contributed by atoms with Crippen LogP contribution in [-0.4, -0.2) is 16.2 Å². The molecule has 0 atom stereocenters. The van der Waals surface area contributed by atoms with Crippen molar-refractivity contribution in [2.24, 2.45) is 0 Å². The van der Waals surface area contributed by atoms with Crippen molar-refractivity contribution in [3.05, 3.63) is 70.8 Å². The third-order valence-electron chi connectivity index (χ3n) is 4.87. The summed E-state index contributed by atoms with van der Waals surface area (Å²) in [5.74, 6) is 1.03. The topological polar surface area (TPSA) is 53.1 Å². The lowest BCUT2D eigenvalue weighted by Gasteiger charge is -2.13. The Balaban J connectivity index is 1.86. The predicted octanol–water partition coefficient (Wildman–Crippen LogP) is 5.71. The van der Waals surface area contributed by atoms with Crippen LogP contribution in [-0.2, 0) is 24.3 Å². The fourth-order valence-corrected chi connectivity index (χ4v) is 3.54. The number of aromatic nitrogens is 2. The van der Waals surface area contributed by atoms with Crippen LogP contribution in [0.25, 0.3) is 11.1 Å². The van der Waals surface area contributed by atoms with Gasteiger partial charge in [0.1, 0.15) is 5.82 Å². The Morgan fingerprint density at radius 2 is 1.82 bits per heavy atom. The maximum atomic E-state index is 6.43. The van der Waals surface area contributed by atoms with E-state index >= 15 is 0 Å². The Kier molecular flexibility index (Phi) is 7.12. The number of para-hydroxylation sites is 1. The SMILES string of the molecule is CCCCc1nc(Cl)c(COCC)n1Cc1ccc(-c2ccccc2N)cc1. The van der Waals surface area contributed by atoms with E-state index in [0.717, 1.165) is 54.1 Å². The van der Waals surface area contributed by atoms with Crippen LogP contribution in [0.15, 0.2) is 48.5 Å². The van der Waals surface area contributed by atoms with Crippen molar-refractivity contribution < 1.29 is 4.74 Å². The van der Waals surface area contributed by atoms with Gasteiger partial charge in [-0.1, -0.05) is 67.4 Å². The van der Waals surface area contributed by atoms with E-state index < -0.39 is 0 Å². The fraction of sp³-hybridized carbons (Fsp3) is 0.348. The largest absolute Gasteiger partial charge is 0.398 e. The number of nitrogens with zero attached hydrogens (tertiary/aromatic N) is 2. The highest BCUT2D eigenvalue weighted by Crippen LogP contribution is 2.27. The first-order chi connectivity index (χ1) is 13.6. The summed E-state index contributed by atoms with van der Waals surface area (Å²) in [7, 11) is 0. The Morgan fingerprint density at radius 3 is 2.50 bits per heavy atom. The van der Waals surface area contributed by atoms with Gasteiger partial charge in [-0.3, -0.25) is 0 Å². The molecule has 0 unspecified atom stereocenters. The minimum Gasteiger partial charge on any atom is -0.398 e. The molecule has 0 aliphatic carbocycles. The number of nitrogen functional groups attached to an aromatic ring is 1. The van der Waals surface area contributed by atoms with Gasteiger partial charge in [-0.05, 0) is 30.5 Å². The number of unbranched alkanes of at least 4 members (excludes halogenated alkanes) is 1. The van der Waals surface area contributed by atoms with Crippen LogP contribution in [0.1, 0.15) is 43.8 Å². The molecule has 2 N–H and O–H groups in total. The lowest BCUT2D eigenvalue weighted by molar-refractivity contribution is 0.129. The Hall–Kier alpha value is -2.30. The van der Waals surface area contributed by atoms with Crippen LogP contribution >= 0.6 is 11.6 Å². The first-order valence-electron chi connectivity index (χ1n) is 9.89. The first-order valence-corrected chi connectivity index (χ1v) is 10.3. The first kappa shape index (κ1) is 20.4. The number of nitrogens with two attached hydrogens (primary N) is 1. The highest BCUT2D eigenvalue weighted by molar-refractivity contribution is 6.30. The molecule has 0 saturated carbocycles. The number of hydrogen-bond donors (Lipinski definition) is 1. The number of benzene rings is 2. The Bertz CT molecular complexity index is 903. The van der Waals surface area contributed by atoms with E-state index in [1.807, 2.05) is 31.2 Å². The number of halogens is 1. The van der Waals surface area contributed by atoms with Crippen LogP contribution in [0, 0.1) is 0 Å². The summed E-state index contributed by atoms with van der Waals surface area (Å²) in [5, 5.41) is 0.549. The van der Waals surface area contributed by atoms with Gasteiger partial charge in [-0.15, -0.1) is 0 Å². The van der Waals surface area contributed by atoms with Crippen LogP contribution in [0.2, 0.25) is 5.15 Å². The molecule has 1 aromatic heterocycles. The molecule has 0 radical (unpaired) electrons. The van der Waals surface area contributed by atoms with E-state index in [-0.39, 0.29) is 0 Å². The molecule has 1 heterocycles. The third-order valence-corrected chi connectivity index (χ3v) is 5.17. The molecule has 0 aliphatic heterocycles. The molecular weight excluding hydrogens is 370 g/mol.